The monoisotopic (exact) mass is 279 g/mol. The Morgan fingerprint density at radius 3 is 2.63 bits per heavy atom. The molecule has 0 spiro atoms. The van der Waals surface area contributed by atoms with E-state index in [9.17, 15) is 0 Å². The Hall–Kier alpha value is -1.36. The molecule has 1 N–H and O–H groups in total. The second-order valence-corrected chi connectivity index (χ2v) is 4.92. The summed E-state index contributed by atoms with van der Waals surface area (Å²) in [6, 6.07) is 9.82. The van der Waals surface area contributed by atoms with E-state index in [0.29, 0.717) is 18.2 Å². The molecule has 1 heterocycles. The lowest BCUT2D eigenvalue weighted by atomic mass is 10.2. The van der Waals surface area contributed by atoms with Crippen molar-refractivity contribution >= 4 is 11.6 Å². The molecule has 2 rings (SSSR count). The van der Waals surface area contributed by atoms with Gasteiger partial charge in [0, 0.05) is 18.7 Å². The van der Waals surface area contributed by atoms with Crippen LogP contribution in [0, 0.1) is 6.92 Å². The first-order valence-electron chi connectivity index (χ1n) is 6.22. The molecule has 1 aromatic heterocycles. The Morgan fingerprint density at radius 1 is 1.32 bits per heavy atom. The Labute approximate surface area is 118 Å². The van der Waals surface area contributed by atoms with Crippen molar-refractivity contribution in [2.75, 3.05) is 20.2 Å². The average molecular weight is 280 g/mol. The van der Waals surface area contributed by atoms with Crippen molar-refractivity contribution in [3.05, 3.63) is 46.7 Å². The lowest BCUT2D eigenvalue weighted by Gasteiger charge is -2.14. The van der Waals surface area contributed by atoms with Crippen LogP contribution >= 0.6 is 11.6 Å². The van der Waals surface area contributed by atoms with Crippen LogP contribution in [0.1, 0.15) is 11.3 Å². The molecular formula is C14H18ClN3O. The molecule has 0 saturated carbocycles. The third kappa shape index (κ3) is 3.15. The van der Waals surface area contributed by atoms with Gasteiger partial charge in [-0.1, -0.05) is 29.8 Å². The summed E-state index contributed by atoms with van der Waals surface area (Å²) in [6.07, 6.45) is 0. The highest BCUT2D eigenvalue weighted by Gasteiger charge is 2.15. The maximum Gasteiger partial charge on any atom is 0.137 e. The summed E-state index contributed by atoms with van der Waals surface area (Å²) in [6.45, 7) is 3.39. The van der Waals surface area contributed by atoms with E-state index in [2.05, 4.69) is 5.10 Å². The minimum Gasteiger partial charge on any atom is -0.395 e. The molecule has 2 aromatic rings. The zero-order chi connectivity index (χ0) is 13.8. The van der Waals surface area contributed by atoms with E-state index < -0.39 is 0 Å². The van der Waals surface area contributed by atoms with Crippen LogP contribution in [-0.4, -0.2) is 40.0 Å². The molecule has 0 bridgehead atoms. The van der Waals surface area contributed by atoms with Crippen molar-refractivity contribution in [1.29, 1.82) is 0 Å². The van der Waals surface area contributed by atoms with Crippen LogP contribution in [0.2, 0.25) is 5.15 Å². The minimum atomic E-state index is 0.139. The number of likely N-dealkylation sites (N-methyl/N-ethyl adjacent to an activating group) is 1. The van der Waals surface area contributed by atoms with Gasteiger partial charge in [-0.3, -0.25) is 4.90 Å². The molecule has 0 aliphatic heterocycles. The Kier molecular flexibility index (Phi) is 4.58. The highest BCUT2D eigenvalue weighted by atomic mass is 35.5. The predicted molar refractivity (Wildman–Crippen MR) is 76.7 cm³/mol. The van der Waals surface area contributed by atoms with Crippen molar-refractivity contribution in [3.8, 4) is 5.69 Å². The van der Waals surface area contributed by atoms with Crippen LogP contribution < -0.4 is 0 Å². The average Bonchev–Trinajstić information content (AvgIpc) is 2.68. The molecule has 0 radical (unpaired) electrons. The first-order chi connectivity index (χ1) is 9.13. The SMILES string of the molecule is Cc1nn(-c2ccccc2)c(Cl)c1CN(C)CCO. The normalized spacial score (nSPS) is 11.2. The Balaban J connectivity index is 2.30. The van der Waals surface area contributed by atoms with Crippen LogP contribution in [0.4, 0.5) is 0 Å². The number of rotatable bonds is 5. The van der Waals surface area contributed by atoms with Gasteiger partial charge in [0.2, 0.25) is 0 Å². The fourth-order valence-corrected chi connectivity index (χ4v) is 2.30. The molecule has 0 aliphatic rings. The number of nitrogens with zero attached hydrogens (tertiary/aromatic N) is 3. The fraction of sp³-hybridized carbons (Fsp3) is 0.357. The molecule has 0 fully saturated rings. The molecule has 0 amide bonds. The number of aliphatic hydroxyl groups excluding tert-OH is 1. The summed E-state index contributed by atoms with van der Waals surface area (Å²) >= 11 is 6.42. The molecule has 0 atom stereocenters. The van der Waals surface area contributed by atoms with Gasteiger partial charge in [0.1, 0.15) is 5.15 Å². The topological polar surface area (TPSA) is 41.3 Å². The Bertz CT molecular complexity index is 539. The predicted octanol–water partition coefficient (Wildman–Crippen LogP) is 2.26. The van der Waals surface area contributed by atoms with Gasteiger partial charge in [-0.15, -0.1) is 0 Å². The smallest absolute Gasteiger partial charge is 0.137 e. The van der Waals surface area contributed by atoms with Gasteiger partial charge in [0.25, 0.3) is 0 Å². The third-order valence-electron chi connectivity index (χ3n) is 3.03. The molecule has 1 aromatic carbocycles. The lowest BCUT2D eigenvalue weighted by molar-refractivity contribution is 0.217. The van der Waals surface area contributed by atoms with Gasteiger partial charge in [-0.2, -0.15) is 5.10 Å². The molecule has 0 saturated heterocycles. The molecule has 4 nitrogen and oxygen atoms in total. The third-order valence-corrected chi connectivity index (χ3v) is 3.42. The van der Waals surface area contributed by atoms with Crippen LogP contribution in [0.3, 0.4) is 0 Å². The van der Waals surface area contributed by atoms with Crippen molar-refractivity contribution in [1.82, 2.24) is 14.7 Å². The summed E-state index contributed by atoms with van der Waals surface area (Å²) in [5.41, 5.74) is 2.87. The van der Waals surface area contributed by atoms with E-state index >= 15 is 0 Å². The fourth-order valence-electron chi connectivity index (χ4n) is 1.97. The molecule has 19 heavy (non-hydrogen) atoms. The van der Waals surface area contributed by atoms with Crippen molar-refractivity contribution < 1.29 is 5.11 Å². The lowest BCUT2D eigenvalue weighted by Crippen LogP contribution is -2.21. The van der Waals surface area contributed by atoms with E-state index in [4.69, 9.17) is 16.7 Å². The number of aromatic nitrogens is 2. The first-order valence-corrected chi connectivity index (χ1v) is 6.60. The second kappa shape index (κ2) is 6.19. The molecule has 0 unspecified atom stereocenters. The van der Waals surface area contributed by atoms with Gasteiger partial charge in [0.15, 0.2) is 0 Å². The standard InChI is InChI=1S/C14H18ClN3O/c1-11-13(10-17(2)8-9-19)14(15)18(16-11)12-6-4-3-5-7-12/h3-7,19H,8-10H2,1-2H3. The molecule has 102 valence electrons. The highest BCUT2D eigenvalue weighted by Crippen LogP contribution is 2.24. The number of hydrogen-bond acceptors (Lipinski definition) is 3. The van der Waals surface area contributed by atoms with Gasteiger partial charge in [0.05, 0.1) is 18.0 Å². The van der Waals surface area contributed by atoms with Crippen LogP contribution in [-0.2, 0) is 6.54 Å². The van der Waals surface area contributed by atoms with Crippen molar-refractivity contribution in [3.63, 3.8) is 0 Å². The van der Waals surface area contributed by atoms with E-state index in [-0.39, 0.29) is 6.61 Å². The maximum absolute atomic E-state index is 8.94. The number of halogens is 1. The van der Waals surface area contributed by atoms with Crippen LogP contribution in [0.25, 0.3) is 5.69 Å². The zero-order valence-corrected chi connectivity index (χ0v) is 11.9. The zero-order valence-electron chi connectivity index (χ0n) is 11.2. The Morgan fingerprint density at radius 2 is 2.00 bits per heavy atom. The maximum atomic E-state index is 8.94. The number of benzene rings is 1. The van der Waals surface area contributed by atoms with Crippen molar-refractivity contribution in [2.24, 2.45) is 0 Å². The van der Waals surface area contributed by atoms with Crippen LogP contribution in [0.15, 0.2) is 30.3 Å². The van der Waals surface area contributed by atoms with Crippen LogP contribution in [0.5, 0.6) is 0 Å². The number of para-hydroxylation sites is 1. The summed E-state index contributed by atoms with van der Waals surface area (Å²) in [5.74, 6) is 0. The number of hydrogen-bond donors (Lipinski definition) is 1. The van der Waals surface area contributed by atoms with E-state index in [0.717, 1.165) is 16.9 Å². The summed E-state index contributed by atoms with van der Waals surface area (Å²) in [5, 5.41) is 14.1. The van der Waals surface area contributed by atoms with E-state index in [1.54, 1.807) is 4.68 Å². The quantitative estimate of drug-likeness (QED) is 0.913. The van der Waals surface area contributed by atoms with E-state index in [1.165, 1.54) is 0 Å². The summed E-state index contributed by atoms with van der Waals surface area (Å²) in [7, 11) is 1.95. The van der Waals surface area contributed by atoms with Crippen molar-refractivity contribution in [2.45, 2.75) is 13.5 Å². The van der Waals surface area contributed by atoms with Gasteiger partial charge in [-0.05, 0) is 26.1 Å². The first kappa shape index (κ1) is 14.1. The molecular weight excluding hydrogens is 262 g/mol. The summed E-state index contributed by atoms with van der Waals surface area (Å²) in [4.78, 5) is 2.02. The summed E-state index contributed by atoms with van der Waals surface area (Å²) < 4.78 is 1.75. The highest BCUT2D eigenvalue weighted by molar-refractivity contribution is 6.30. The largest absolute Gasteiger partial charge is 0.395 e. The molecule has 0 aliphatic carbocycles. The van der Waals surface area contributed by atoms with Gasteiger partial charge in [-0.25, -0.2) is 4.68 Å². The van der Waals surface area contributed by atoms with Gasteiger partial charge >= 0.3 is 0 Å². The second-order valence-electron chi connectivity index (χ2n) is 4.56. The number of aliphatic hydroxyl groups is 1. The van der Waals surface area contributed by atoms with E-state index in [1.807, 2.05) is 49.2 Å². The molecule has 5 heteroatoms. The number of aryl methyl sites for hydroxylation is 1. The minimum absolute atomic E-state index is 0.139. The van der Waals surface area contributed by atoms with Gasteiger partial charge < -0.3 is 5.11 Å².